The summed E-state index contributed by atoms with van der Waals surface area (Å²) in [6, 6.07) is 0. The lowest BCUT2D eigenvalue weighted by Gasteiger charge is -2.26. The van der Waals surface area contributed by atoms with Crippen LogP contribution in [0.15, 0.2) is 0 Å². The van der Waals surface area contributed by atoms with Gasteiger partial charge in [0.1, 0.15) is 0 Å². The first-order valence-corrected chi connectivity index (χ1v) is 4.28. The standard InChI is InChI=1S/C8H14N2O/c9-5-8-3-1-2-6(8)4-7(11)10-8/h6H,1-5,9H2,(H,10,11). The molecule has 2 rings (SSSR count). The van der Waals surface area contributed by atoms with E-state index in [1.807, 2.05) is 0 Å². The summed E-state index contributed by atoms with van der Waals surface area (Å²) in [6.45, 7) is 0.614. The summed E-state index contributed by atoms with van der Waals surface area (Å²) < 4.78 is 0. The third-order valence-corrected chi connectivity index (χ3v) is 3.14. The molecule has 3 nitrogen and oxygen atoms in total. The molecule has 0 bridgehead atoms. The van der Waals surface area contributed by atoms with Gasteiger partial charge in [-0.2, -0.15) is 0 Å². The van der Waals surface area contributed by atoms with Crippen molar-refractivity contribution in [3.05, 3.63) is 0 Å². The molecule has 62 valence electrons. The molecule has 1 heterocycles. The normalized spacial score (nSPS) is 42.3. The van der Waals surface area contributed by atoms with Crippen molar-refractivity contribution in [3.8, 4) is 0 Å². The number of fused-ring (bicyclic) bond motifs is 1. The average Bonchev–Trinajstić information content (AvgIpc) is 2.43. The molecule has 1 saturated carbocycles. The number of nitrogens with one attached hydrogen (secondary N) is 1. The smallest absolute Gasteiger partial charge is 0.220 e. The molecule has 1 aliphatic heterocycles. The van der Waals surface area contributed by atoms with E-state index in [4.69, 9.17) is 5.73 Å². The zero-order valence-corrected chi connectivity index (χ0v) is 6.60. The van der Waals surface area contributed by atoms with Gasteiger partial charge in [0.15, 0.2) is 0 Å². The van der Waals surface area contributed by atoms with Crippen LogP contribution in [0.25, 0.3) is 0 Å². The summed E-state index contributed by atoms with van der Waals surface area (Å²) in [4.78, 5) is 11.1. The van der Waals surface area contributed by atoms with Crippen LogP contribution in [0.3, 0.4) is 0 Å². The van der Waals surface area contributed by atoms with E-state index in [2.05, 4.69) is 5.32 Å². The molecule has 11 heavy (non-hydrogen) atoms. The van der Waals surface area contributed by atoms with E-state index >= 15 is 0 Å². The van der Waals surface area contributed by atoms with Gasteiger partial charge in [-0.1, -0.05) is 6.42 Å². The Balaban J connectivity index is 2.21. The Morgan fingerprint density at radius 3 is 3.18 bits per heavy atom. The van der Waals surface area contributed by atoms with Gasteiger partial charge in [-0.3, -0.25) is 4.79 Å². The van der Waals surface area contributed by atoms with Crippen molar-refractivity contribution in [2.24, 2.45) is 11.7 Å². The Hall–Kier alpha value is -0.570. The molecule has 1 amide bonds. The number of nitrogens with two attached hydrogens (primary N) is 1. The molecular weight excluding hydrogens is 140 g/mol. The molecule has 2 aliphatic rings. The van der Waals surface area contributed by atoms with E-state index in [-0.39, 0.29) is 11.4 Å². The van der Waals surface area contributed by atoms with Crippen molar-refractivity contribution in [2.75, 3.05) is 6.54 Å². The van der Waals surface area contributed by atoms with Crippen LogP contribution >= 0.6 is 0 Å². The molecule has 2 atom stereocenters. The van der Waals surface area contributed by atoms with Crippen LogP contribution < -0.4 is 11.1 Å². The monoisotopic (exact) mass is 154 g/mol. The molecule has 0 aromatic heterocycles. The number of carbonyl (C=O) groups is 1. The molecule has 1 aliphatic carbocycles. The second-order valence-electron chi connectivity index (χ2n) is 3.70. The Bertz CT molecular complexity index is 193. The zero-order chi connectivity index (χ0) is 7.90. The van der Waals surface area contributed by atoms with Gasteiger partial charge in [0.25, 0.3) is 0 Å². The largest absolute Gasteiger partial charge is 0.349 e. The fourth-order valence-corrected chi connectivity index (χ4v) is 2.48. The highest BCUT2D eigenvalue weighted by Crippen LogP contribution is 2.40. The van der Waals surface area contributed by atoms with Crippen LogP contribution in [-0.2, 0) is 4.79 Å². The Morgan fingerprint density at radius 1 is 1.73 bits per heavy atom. The van der Waals surface area contributed by atoms with Crippen molar-refractivity contribution >= 4 is 5.91 Å². The summed E-state index contributed by atoms with van der Waals surface area (Å²) in [6.07, 6.45) is 4.19. The van der Waals surface area contributed by atoms with E-state index in [1.54, 1.807) is 0 Å². The number of amides is 1. The quantitative estimate of drug-likeness (QED) is 0.558. The van der Waals surface area contributed by atoms with Crippen molar-refractivity contribution in [2.45, 2.75) is 31.2 Å². The van der Waals surface area contributed by atoms with E-state index in [0.29, 0.717) is 18.9 Å². The number of carbonyl (C=O) groups excluding carboxylic acids is 1. The summed E-state index contributed by atoms with van der Waals surface area (Å²) in [7, 11) is 0. The summed E-state index contributed by atoms with van der Waals surface area (Å²) in [5.74, 6) is 0.722. The molecule has 0 spiro atoms. The Kier molecular flexibility index (Phi) is 1.42. The summed E-state index contributed by atoms with van der Waals surface area (Å²) in [5, 5.41) is 3.02. The molecule has 3 heteroatoms. The fraction of sp³-hybridized carbons (Fsp3) is 0.875. The topological polar surface area (TPSA) is 55.1 Å². The fourth-order valence-electron chi connectivity index (χ4n) is 2.48. The van der Waals surface area contributed by atoms with Crippen molar-refractivity contribution in [3.63, 3.8) is 0 Å². The minimum atomic E-state index is -0.00289. The lowest BCUT2D eigenvalue weighted by atomic mass is 9.89. The molecule has 2 fully saturated rings. The highest BCUT2D eigenvalue weighted by Gasteiger charge is 2.48. The van der Waals surface area contributed by atoms with Gasteiger partial charge in [-0.15, -0.1) is 0 Å². The lowest BCUT2D eigenvalue weighted by Crippen LogP contribution is -2.49. The van der Waals surface area contributed by atoms with Crippen LogP contribution in [0.5, 0.6) is 0 Å². The molecule has 0 aromatic rings. The number of hydrogen-bond donors (Lipinski definition) is 2. The maximum atomic E-state index is 11.1. The first-order valence-electron chi connectivity index (χ1n) is 4.28. The summed E-state index contributed by atoms with van der Waals surface area (Å²) in [5.41, 5.74) is 5.65. The SMILES string of the molecule is NCC12CCCC1CC(=O)N2. The molecule has 2 unspecified atom stereocenters. The van der Waals surface area contributed by atoms with Gasteiger partial charge in [-0.25, -0.2) is 0 Å². The summed E-state index contributed by atoms with van der Waals surface area (Å²) >= 11 is 0. The molecular formula is C8H14N2O. The lowest BCUT2D eigenvalue weighted by molar-refractivity contribution is -0.120. The van der Waals surface area contributed by atoms with Gasteiger partial charge in [-0.05, 0) is 18.8 Å². The predicted octanol–water partition coefficient (Wildman–Crippen LogP) is 0.00390. The number of rotatable bonds is 1. The van der Waals surface area contributed by atoms with Gasteiger partial charge >= 0.3 is 0 Å². The van der Waals surface area contributed by atoms with Crippen molar-refractivity contribution in [1.82, 2.24) is 5.32 Å². The maximum Gasteiger partial charge on any atom is 0.220 e. The van der Waals surface area contributed by atoms with E-state index < -0.39 is 0 Å². The van der Waals surface area contributed by atoms with E-state index in [0.717, 1.165) is 6.42 Å². The molecule has 0 radical (unpaired) electrons. The average molecular weight is 154 g/mol. The molecule has 3 N–H and O–H groups in total. The predicted molar refractivity (Wildman–Crippen MR) is 41.9 cm³/mol. The second-order valence-corrected chi connectivity index (χ2v) is 3.70. The minimum Gasteiger partial charge on any atom is -0.349 e. The minimum absolute atomic E-state index is 0.00289. The maximum absolute atomic E-state index is 11.1. The van der Waals surface area contributed by atoms with E-state index in [9.17, 15) is 4.79 Å². The molecule has 1 saturated heterocycles. The van der Waals surface area contributed by atoms with E-state index in [1.165, 1.54) is 12.8 Å². The van der Waals surface area contributed by atoms with Crippen LogP contribution in [0.1, 0.15) is 25.7 Å². The van der Waals surface area contributed by atoms with Crippen LogP contribution in [0, 0.1) is 5.92 Å². The molecule has 0 aromatic carbocycles. The van der Waals surface area contributed by atoms with Gasteiger partial charge < -0.3 is 11.1 Å². The Morgan fingerprint density at radius 2 is 2.55 bits per heavy atom. The highest BCUT2D eigenvalue weighted by molar-refractivity contribution is 5.80. The van der Waals surface area contributed by atoms with Gasteiger partial charge in [0, 0.05) is 13.0 Å². The van der Waals surface area contributed by atoms with Gasteiger partial charge in [0.2, 0.25) is 5.91 Å². The van der Waals surface area contributed by atoms with Gasteiger partial charge in [0.05, 0.1) is 5.54 Å². The van der Waals surface area contributed by atoms with Crippen molar-refractivity contribution < 1.29 is 4.79 Å². The van der Waals surface area contributed by atoms with Crippen LogP contribution in [0.4, 0.5) is 0 Å². The van der Waals surface area contributed by atoms with Crippen LogP contribution in [0.2, 0.25) is 0 Å². The number of hydrogen-bond acceptors (Lipinski definition) is 2. The van der Waals surface area contributed by atoms with Crippen LogP contribution in [-0.4, -0.2) is 18.0 Å². The first-order chi connectivity index (χ1) is 5.27. The zero-order valence-electron chi connectivity index (χ0n) is 6.60. The first kappa shape index (κ1) is 7.10. The second kappa shape index (κ2) is 2.21. The third kappa shape index (κ3) is 0.872. The van der Waals surface area contributed by atoms with Crippen molar-refractivity contribution in [1.29, 1.82) is 0 Å². The Labute approximate surface area is 66.3 Å². The highest BCUT2D eigenvalue weighted by atomic mass is 16.2. The third-order valence-electron chi connectivity index (χ3n) is 3.14.